The van der Waals surface area contributed by atoms with Crippen molar-refractivity contribution in [3.63, 3.8) is 0 Å². The molecule has 0 amide bonds. The summed E-state index contributed by atoms with van der Waals surface area (Å²) in [7, 11) is 0. The normalized spacial score (nSPS) is 9.43. The van der Waals surface area contributed by atoms with Gasteiger partial charge < -0.3 is 0 Å². The molecule has 36 valence electrons. The minimum absolute atomic E-state index is 0.627. The van der Waals surface area contributed by atoms with Crippen LogP contribution in [-0.2, 0) is 0 Å². The van der Waals surface area contributed by atoms with E-state index in [1.54, 1.807) is 0 Å². The maximum Gasteiger partial charge on any atom is 0.0589 e. The van der Waals surface area contributed by atoms with Crippen LogP contribution in [-0.4, -0.2) is 4.37 Å². The van der Waals surface area contributed by atoms with E-state index >= 15 is 0 Å². The average molecular weight is 111 g/mol. The molecule has 0 aliphatic carbocycles. The predicted molar refractivity (Wildman–Crippen MR) is 30.3 cm³/mol. The van der Waals surface area contributed by atoms with Gasteiger partial charge in [-0.05, 0) is 24.5 Å². The lowest BCUT2D eigenvalue weighted by molar-refractivity contribution is 1.46. The van der Waals surface area contributed by atoms with E-state index in [0.29, 0.717) is 5.69 Å². The highest BCUT2D eigenvalue weighted by molar-refractivity contribution is 7.05. The summed E-state index contributed by atoms with van der Waals surface area (Å²) in [5.41, 5.74) is 0.627. The number of nitrogens with zero attached hydrogens (tertiary/aromatic N) is 1. The molecule has 2 heteroatoms. The summed E-state index contributed by atoms with van der Waals surface area (Å²) >= 11 is 1.43. The first-order chi connectivity index (χ1) is 3.29. The minimum atomic E-state index is 0.627. The molecule has 0 spiro atoms. The molecule has 2 radical (unpaired) electrons. The van der Waals surface area contributed by atoms with E-state index in [-0.39, 0.29) is 0 Å². The zero-order valence-electron chi connectivity index (χ0n) is 4.01. The van der Waals surface area contributed by atoms with E-state index in [1.807, 2.05) is 13.0 Å². The van der Waals surface area contributed by atoms with Crippen molar-refractivity contribution in [2.45, 2.75) is 6.92 Å². The largest absolute Gasteiger partial charge is 0.197 e. The second-order valence-electron chi connectivity index (χ2n) is 1.36. The first-order valence-corrected chi connectivity index (χ1v) is 2.75. The highest BCUT2D eigenvalue weighted by atomic mass is 32.1. The molecule has 0 unspecified atom stereocenters. The number of hydrogen-bond donors (Lipinski definition) is 0. The molecule has 0 saturated heterocycles. The smallest absolute Gasteiger partial charge is 0.0589 e. The summed E-state index contributed by atoms with van der Waals surface area (Å²) in [6, 6.07) is 1.85. The van der Waals surface area contributed by atoms with Crippen LogP contribution >= 0.6 is 11.5 Å². The Morgan fingerprint density at radius 3 is 2.71 bits per heavy atom. The van der Waals surface area contributed by atoms with Crippen molar-refractivity contribution in [1.29, 1.82) is 0 Å². The van der Waals surface area contributed by atoms with Crippen molar-refractivity contribution in [1.82, 2.24) is 4.37 Å². The molecule has 7 heavy (non-hydrogen) atoms. The minimum Gasteiger partial charge on any atom is -0.197 e. The van der Waals surface area contributed by atoms with Crippen LogP contribution in [0.15, 0.2) is 6.07 Å². The van der Waals surface area contributed by atoms with Crippen LogP contribution in [0.4, 0.5) is 0 Å². The molecule has 0 bridgehead atoms. The molecule has 1 rings (SSSR count). The molecule has 0 aliphatic heterocycles. The van der Waals surface area contributed by atoms with Gasteiger partial charge in [-0.2, -0.15) is 4.37 Å². The van der Waals surface area contributed by atoms with E-state index in [4.69, 9.17) is 6.92 Å². The maximum atomic E-state index is 5.28. The van der Waals surface area contributed by atoms with Gasteiger partial charge in [0.15, 0.2) is 0 Å². The molecular formula is C5H5NS. The zero-order valence-corrected chi connectivity index (χ0v) is 4.83. The first-order valence-electron chi connectivity index (χ1n) is 1.98. The van der Waals surface area contributed by atoms with Gasteiger partial charge in [0.1, 0.15) is 0 Å². The molecule has 0 saturated carbocycles. The molecular weight excluding hydrogens is 106 g/mol. The van der Waals surface area contributed by atoms with Crippen molar-refractivity contribution < 1.29 is 0 Å². The van der Waals surface area contributed by atoms with E-state index in [9.17, 15) is 0 Å². The van der Waals surface area contributed by atoms with Gasteiger partial charge in [0.2, 0.25) is 0 Å². The van der Waals surface area contributed by atoms with Gasteiger partial charge in [-0.25, -0.2) is 0 Å². The van der Waals surface area contributed by atoms with Gasteiger partial charge in [-0.3, -0.25) is 0 Å². The Labute approximate surface area is 47.2 Å². The van der Waals surface area contributed by atoms with Crippen LogP contribution in [0.5, 0.6) is 0 Å². The Morgan fingerprint density at radius 1 is 1.86 bits per heavy atom. The molecule has 1 aromatic rings. The summed E-state index contributed by atoms with van der Waals surface area (Å²) in [5.74, 6) is 0. The summed E-state index contributed by atoms with van der Waals surface area (Å²) in [5, 5.41) is 0. The lowest BCUT2D eigenvalue weighted by atomic mass is 10.4. The molecule has 0 fully saturated rings. The van der Waals surface area contributed by atoms with E-state index in [2.05, 4.69) is 4.37 Å². The summed E-state index contributed by atoms with van der Waals surface area (Å²) in [6.45, 7) is 7.26. The maximum absolute atomic E-state index is 5.28. The first kappa shape index (κ1) is 4.78. The van der Waals surface area contributed by atoms with Crippen LogP contribution < -0.4 is 0 Å². The van der Waals surface area contributed by atoms with Gasteiger partial charge in [-0.15, -0.1) is 0 Å². The number of aromatic nitrogens is 1. The lowest BCUT2D eigenvalue weighted by Gasteiger charge is -1.66. The van der Waals surface area contributed by atoms with Gasteiger partial charge >= 0.3 is 0 Å². The van der Waals surface area contributed by atoms with Crippen molar-refractivity contribution in [2.24, 2.45) is 0 Å². The Morgan fingerprint density at radius 2 is 2.57 bits per heavy atom. The number of rotatable bonds is 0. The van der Waals surface area contributed by atoms with Crippen LogP contribution in [0.25, 0.3) is 0 Å². The third kappa shape index (κ3) is 0.996. The third-order valence-electron chi connectivity index (χ3n) is 0.646. The van der Waals surface area contributed by atoms with Gasteiger partial charge in [0, 0.05) is 11.8 Å². The van der Waals surface area contributed by atoms with E-state index in [1.165, 1.54) is 11.5 Å². The number of aryl methyl sites for hydroxylation is 1. The monoisotopic (exact) mass is 111 g/mol. The van der Waals surface area contributed by atoms with Crippen molar-refractivity contribution in [2.75, 3.05) is 0 Å². The van der Waals surface area contributed by atoms with Gasteiger partial charge in [-0.1, -0.05) is 0 Å². The van der Waals surface area contributed by atoms with E-state index in [0.717, 1.165) is 4.88 Å². The van der Waals surface area contributed by atoms with Crippen molar-refractivity contribution in [3.8, 4) is 0 Å². The third-order valence-corrected chi connectivity index (χ3v) is 1.35. The molecule has 1 nitrogen and oxygen atoms in total. The van der Waals surface area contributed by atoms with Crippen LogP contribution in [0.3, 0.4) is 0 Å². The predicted octanol–water partition coefficient (Wildman–Crippen LogP) is 1.51. The van der Waals surface area contributed by atoms with Gasteiger partial charge in [0.05, 0.1) is 5.69 Å². The average Bonchev–Trinajstić information content (AvgIpc) is 1.87. The Bertz CT molecular complexity index is 140. The fourth-order valence-electron chi connectivity index (χ4n) is 0.386. The molecule has 1 heterocycles. The number of hydrogen-bond acceptors (Lipinski definition) is 2. The highest BCUT2D eigenvalue weighted by Gasteiger charge is 1.86. The SMILES string of the molecule is [CH]c1cc(C)sn1. The molecule has 0 aliphatic rings. The van der Waals surface area contributed by atoms with Crippen molar-refractivity contribution >= 4 is 11.5 Å². The Hall–Kier alpha value is -0.370. The van der Waals surface area contributed by atoms with Gasteiger partial charge in [0.25, 0.3) is 0 Å². The van der Waals surface area contributed by atoms with Crippen LogP contribution in [0.2, 0.25) is 0 Å². The molecule has 0 atom stereocenters. The highest BCUT2D eigenvalue weighted by Crippen LogP contribution is 2.04. The summed E-state index contributed by atoms with van der Waals surface area (Å²) in [6.07, 6.45) is 0. The topological polar surface area (TPSA) is 12.9 Å². The summed E-state index contributed by atoms with van der Waals surface area (Å²) in [4.78, 5) is 1.16. The second-order valence-corrected chi connectivity index (χ2v) is 2.37. The summed E-state index contributed by atoms with van der Waals surface area (Å²) < 4.78 is 3.84. The van der Waals surface area contributed by atoms with Crippen molar-refractivity contribution in [3.05, 3.63) is 23.6 Å². The van der Waals surface area contributed by atoms with Crippen LogP contribution in [0, 0.1) is 13.8 Å². The zero-order chi connectivity index (χ0) is 5.28. The fourth-order valence-corrected chi connectivity index (χ4v) is 0.861. The Kier molecular flexibility index (Phi) is 1.11. The molecule has 1 aromatic heterocycles. The second kappa shape index (κ2) is 1.62. The standard InChI is InChI=1S/C5H5NS/c1-4-3-5(2)7-6-4/h1,3H,2H3. The fraction of sp³-hybridized carbons (Fsp3) is 0.200. The Balaban J connectivity index is 3.04. The molecule has 0 N–H and O–H groups in total. The van der Waals surface area contributed by atoms with E-state index < -0.39 is 0 Å². The van der Waals surface area contributed by atoms with Crippen LogP contribution in [0.1, 0.15) is 10.6 Å². The molecule has 0 aromatic carbocycles. The quantitative estimate of drug-likeness (QED) is 0.494. The lowest BCUT2D eigenvalue weighted by Crippen LogP contribution is -1.58.